The van der Waals surface area contributed by atoms with Gasteiger partial charge in [-0.25, -0.2) is 0 Å². The third kappa shape index (κ3) is 4.13. The third-order valence-corrected chi connectivity index (χ3v) is 4.49. The molecule has 1 N–H and O–H groups in total. The first-order valence-electron chi connectivity index (χ1n) is 6.54. The molecule has 1 unspecified atom stereocenters. The molecule has 1 fully saturated rings. The Morgan fingerprint density at radius 3 is 2.89 bits per heavy atom. The Hall–Kier alpha value is -0.710. The lowest BCUT2D eigenvalue weighted by Crippen LogP contribution is -2.43. The van der Waals surface area contributed by atoms with E-state index < -0.39 is 0 Å². The van der Waals surface area contributed by atoms with Crippen molar-refractivity contribution in [3.05, 3.63) is 34.9 Å². The molecule has 104 valence electrons. The van der Waals surface area contributed by atoms with Crippen LogP contribution in [0.1, 0.15) is 18.5 Å². The summed E-state index contributed by atoms with van der Waals surface area (Å²) in [6, 6.07) is 8.26. The number of hydrogen-bond acceptors (Lipinski definition) is 3. The molecule has 0 spiro atoms. The topological polar surface area (TPSA) is 32.3 Å². The van der Waals surface area contributed by atoms with E-state index in [0.717, 1.165) is 23.1 Å². The van der Waals surface area contributed by atoms with Gasteiger partial charge in [-0.15, -0.1) is 0 Å². The first-order chi connectivity index (χ1) is 9.20. The third-order valence-electron chi connectivity index (χ3n) is 3.21. The van der Waals surface area contributed by atoms with E-state index in [-0.39, 0.29) is 5.91 Å². The zero-order valence-electron chi connectivity index (χ0n) is 11.1. The molecule has 1 atom stereocenters. The van der Waals surface area contributed by atoms with Crippen LogP contribution in [-0.2, 0) is 4.79 Å². The second-order valence-corrected chi connectivity index (χ2v) is 6.15. The average Bonchev–Trinajstić information content (AvgIpc) is 2.41. The highest BCUT2D eigenvalue weighted by Crippen LogP contribution is 2.29. The van der Waals surface area contributed by atoms with E-state index in [1.807, 2.05) is 30.8 Å². The van der Waals surface area contributed by atoms with Crippen molar-refractivity contribution in [2.45, 2.75) is 13.0 Å². The summed E-state index contributed by atoms with van der Waals surface area (Å²) in [5.74, 6) is 2.22. The molecular formula is C14H19ClN2OS. The van der Waals surface area contributed by atoms with E-state index in [0.29, 0.717) is 19.1 Å². The fourth-order valence-electron chi connectivity index (χ4n) is 2.26. The van der Waals surface area contributed by atoms with Gasteiger partial charge in [0.15, 0.2) is 0 Å². The Bertz CT molecular complexity index is 424. The number of halogens is 1. The lowest BCUT2D eigenvalue weighted by atomic mass is 10.1. The second-order valence-electron chi connectivity index (χ2n) is 4.57. The first-order valence-corrected chi connectivity index (χ1v) is 8.08. The lowest BCUT2D eigenvalue weighted by Gasteiger charge is -2.35. The van der Waals surface area contributed by atoms with Crippen LogP contribution in [0.25, 0.3) is 0 Å². The zero-order chi connectivity index (χ0) is 13.7. The summed E-state index contributed by atoms with van der Waals surface area (Å²) in [6.45, 7) is 4.06. The quantitative estimate of drug-likeness (QED) is 0.927. The standard InChI is InChI=1S/C14H19ClN2OS/c1-2-16-14(18)9-17-7-8-19-10-13(17)11-3-5-12(15)6-4-11/h3-6,13H,2,7-10H2,1H3,(H,16,18). The minimum absolute atomic E-state index is 0.105. The molecule has 0 saturated carbocycles. The van der Waals surface area contributed by atoms with Crippen LogP contribution in [-0.4, -0.2) is 41.9 Å². The molecular weight excluding hydrogens is 280 g/mol. The van der Waals surface area contributed by atoms with Crippen LogP contribution >= 0.6 is 23.4 Å². The van der Waals surface area contributed by atoms with E-state index in [1.165, 1.54) is 5.56 Å². The highest BCUT2D eigenvalue weighted by Gasteiger charge is 2.25. The monoisotopic (exact) mass is 298 g/mol. The number of amides is 1. The maximum Gasteiger partial charge on any atom is 0.234 e. The van der Waals surface area contributed by atoms with Gasteiger partial charge in [-0.2, -0.15) is 11.8 Å². The van der Waals surface area contributed by atoms with Crippen LogP contribution in [0, 0.1) is 0 Å². The van der Waals surface area contributed by atoms with Gasteiger partial charge in [-0.05, 0) is 24.6 Å². The number of hydrogen-bond donors (Lipinski definition) is 1. The maximum absolute atomic E-state index is 11.8. The molecule has 0 bridgehead atoms. The van der Waals surface area contributed by atoms with Crippen molar-refractivity contribution in [2.75, 3.05) is 31.1 Å². The van der Waals surface area contributed by atoms with Crippen LogP contribution in [0.5, 0.6) is 0 Å². The fraction of sp³-hybridized carbons (Fsp3) is 0.500. The van der Waals surface area contributed by atoms with Gasteiger partial charge >= 0.3 is 0 Å². The van der Waals surface area contributed by atoms with Gasteiger partial charge < -0.3 is 5.32 Å². The summed E-state index contributed by atoms with van der Waals surface area (Å²) in [4.78, 5) is 14.0. The predicted molar refractivity (Wildman–Crippen MR) is 81.8 cm³/mol. The van der Waals surface area contributed by atoms with Gasteiger partial charge in [-0.3, -0.25) is 9.69 Å². The normalized spacial score (nSPS) is 20.2. The van der Waals surface area contributed by atoms with Crippen LogP contribution in [0.3, 0.4) is 0 Å². The number of likely N-dealkylation sites (N-methyl/N-ethyl adjacent to an activating group) is 1. The zero-order valence-corrected chi connectivity index (χ0v) is 12.6. The largest absolute Gasteiger partial charge is 0.355 e. The van der Waals surface area contributed by atoms with Crippen LogP contribution in [0.4, 0.5) is 0 Å². The summed E-state index contributed by atoms with van der Waals surface area (Å²) in [7, 11) is 0. The van der Waals surface area contributed by atoms with Crippen LogP contribution in [0.15, 0.2) is 24.3 Å². The molecule has 1 aliphatic rings. The molecule has 1 aromatic carbocycles. The summed E-state index contributed by atoms with van der Waals surface area (Å²) >= 11 is 7.87. The molecule has 1 aromatic rings. The summed E-state index contributed by atoms with van der Waals surface area (Å²) < 4.78 is 0. The summed E-state index contributed by atoms with van der Waals surface area (Å²) in [5.41, 5.74) is 1.24. The minimum Gasteiger partial charge on any atom is -0.355 e. The van der Waals surface area contributed by atoms with Crippen molar-refractivity contribution in [2.24, 2.45) is 0 Å². The van der Waals surface area contributed by atoms with Crippen molar-refractivity contribution >= 4 is 29.3 Å². The molecule has 0 aromatic heterocycles. The SMILES string of the molecule is CCNC(=O)CN1CCSCC1c1ccc(Cl)cc1. The lowest BCUT2D eigenvalue weighted by molar-refractivity contribution is -0.122. The Morgan fingerprint density at radius 1 is 1.47 bits per heavy atom. The second kappa shape index (κ2) is 7.17. The minimum atomic E-state index is 0.105. The summed E-state index contributed by atoms with van der Waals surface area (Å²) in [6.07, 6.45) is 0. The van der Waals surface area contributed by atoms with Crippen molar-refractivity contribution in [3.63, 3.8) is 0 Å². The molecule has 1 heterocycles. The maximum atomic E-state index is 11.8. The van der Waals surface area contributed by atoms with Gasteiger partial charge in [0.25, 0.3) is 0 Å². The Labute approximate surface area is 123 Å². The summed E-state index contributed by atoms with van der Waals surface area (Å²) in [5, 5.41) is 3.62. The number of thioether (sulfide) groups is 1. The number of rotatable bonds is 4. The fourth-order valence-corrected chi connectivity index (χ4v) is 3.54. The number of nitrogens with one attached hydrogen (secondary N) is 1. The molecule has 0 radical (unpaired) electrons. The molecule has 3 nitrogen and oxygen atoms in total. The average molecular weight is 299 g/mol. The highest BCUT2D eigenvalue weighted by atomic mass is 35.5. The molecule has 19 heavy (non-hydrogen) atoms. The van der Waals surface area contributed by atoms with Crippen LogP contribution in [0.2, 0.25) is 5.02 Å². The van der Waals surface area contributed by atoms with E-state index in [4.69, 9.17) is 11.6 Å². The Kier molecular flexibility index (Phi) is 5.55. The van der Waals surface area contributed by atoms with E-state index in [9.17, 15) is 4.79 Å². The van der Waals surface area contributed by atoms with E-state index in [2.05, 4.69) is 22.3 Å². The Balaban J connectivity index is 2.07. The van der Waals surface area contributed by atoms with Gasteiger partial charge in [-0.1, -0.05) is 23.7 Å². The van der Waals surface area contributed by atoms with E-state index in [1.54, 1.807) is 0 Å². The number of nitrogens with zero attached hydrogens (tertiary/aromatic N) is 1. The van der Waals surface area contributed by atoms with Gasteiger partial charge in [0.1, 0.15) is 0 Å². The molecule has 0 aliphatic carbocycles. The van der Waals surface area contributed by atoms with Crippen LogP contribution < -0.4 is 5.32 Å². The van der Waals surface area contributed by atoms with Gasteiger partial charge in [0.2, 0.25) is 5.91 Å². The molecule has 1 aliphatic heterocycles. The molecule has 2 rings (SSSR count). The van der Waals surface area contributed by atoms with Crippen molar-refractivity contribution in [3.8, 4) is 0 Å². The number of benzene rings is 1. The molecule has 5 heteroatoms. The predicted octanol–water partition coefficient (Wildman–Crippen LogP) is 2.57. The molecule has 1 amide bonds. The first kappa shape index (κ1) is 14.7. The van der Waals surface area contributed by atoms with Crippen molar-refractivity contribution < 1.29 is 4.79 Å². The highest BCUT2D eigenvalue weighted by molar-refractivity contribution is 7.99. The smallest absolute Gasteiger partial charge is 0.234 e. The molecule has 1 saturated heterocycles. The Morgan fingerprint density at radius 2 is 2.21 bits per heavy atom. The van der Waals surface area contributed by atoms with Gasteiger partial charge in [0, 0.05) is 35.7 Å². The van der Waals surface area contributed by atoms with Crippen molar-refractivity contribution in [1.82, 2.24) is 10.2 Å². The number of carbonyl (C=O) groups excluding carboxylic acids is 1. The number of carbonyl (C=O) groups is 1. The van der Waals surface area contributed by atoms with Crippen molar-refractivity contribution in [1.29, 1.82) is 0 Å². The van der Waals surface area contributed by atoms with E-state index >= 15 is 0 Å². The van der Waals surface area contributed by atoms with Gasteiger partial charge in [0.05, 0.1) is 6.54 Å².